The van der Waals surface area contributed by atoms with Gasteiger partial charge in [-0.1, -0.05) is 29.3 Å². The zero-order valence-electron chi connectivity index (χ0n) is 9.16. The Balaban J connectivity index is 2.11. The van der Waals surface area contributed by atoms with Gasteiger partial charge in [0.1, 0.15) is 16.1 Å². The molecule has 0 amide bonds. The van der Waals surface area contributed by atoms with Crippen molar-refractivity contribution in [2.75, 3.05) is 5.73 Å². The third-order valence-corrected chi connectivity index (χ3v) is 3.92. The third-order valence-electron chi connectivity index (χ3n) is 2.25. The summed E-state index contributed by atoms with van der Waals surface area (Å²) in [6.07, 6.45) is 0. The quantitative estimate of drug-likeness (QED) is 0.519. The van der Waals surface area contributed by atoms with Crippen LogP contribution in [0.2, 0.25) is 10.3 Å². The smallest absolute Gasteiger partial charge is 0.134 e. The summed E-state index contributed by atoms with van der Waals surface area (Å²) in [6, 6.07) is 7.80. The van der Waals surface area contributed by atoms with E-state index in [4.69, 9.17) is 28.9 Å². The lowest BCUT2D eigenvalue weighted by molar-refractivity contribution is 0.627. The highest BCUT2D eigenvalue weighted by Crippen LogP contribution is 2.30. The Kier molecular flexibility index (Phi) is 4.32. The van der Waals surface area contributed by atoms with Gasteiger partial charge in [-0.3, -0.25) is 0 Å². The first-order valence-electron chi connectivity index (χ1n) is 5.05. The SMILES string of the molecule is Nc1cc(F)ccc1SCc1ccc(Cl)nc1Cl. The van der Waals surface area contributed by atoms with Crippen molar-refractivity contribution in [3.05, 3.63) is 52.0 Å². The molecule has 1 heterocycles. The standard InChI is InChI=1S/C12H9Cl2FN2S/c13-11-4-1-7(12(14)17-11)6-18-10-3-2-8(15)5-9(10)16/h1-5H,6,16H2. The van der Waals surface area contributed by atoms with E-state index in [-0.39, 0.29) is 5.82 Å². The Morgan fingerprint density at radius 2 is 2.00 bits per heavy atom. The molecule has 2 rings (SSSR count). The number of pyridine rings is 1. The van der Waals surface area contributed by atoms with Crippen molar-refractivity contribution < 1.29 is 4.39 Å². The second-order valence-corrected chi connectivity index (χ2v) is 5.32. The van der Waals surface area contributed by atoms with E-state index in [0.29, 0.717) is 21.7 Å². The van der Waals surface area contributed by atoms with E-state index in [1.807, 2.05) is 6.07 Å². The average Bonchev–Trinajstić information content (AvgIpc) is 2.30. The molecule has 1 aromatic carbocycles. The fraction of sp³-hybridized carbons (Fsp3) is 0.0833. The molecule has 0 aliphatic rings. The normalized spacial score (nSPS) is 10.6. The molecule has 1 aromatic heterocycles. The van der Waals surface area contributed by atoms with Crippen LogP contribution >= 0.6 is 35.0 Å². The number of anilines is 1. The zero-order valence-corrected chi connectivity index (χ0v) is 11.5. The maximum Gasteiger partial charge on any atom is 0.134 e. The second-order valence-electron chi connectivity index (χ2n) is 3.55. The molecule has 2 aromatic rings. The van der Waals surface area contributed by atoms with Crippen molar-refractivity contribution in [1.29, 1.82) is 0 Å². The minimum absolute atomic E-state index is 0.344. The lowest BCUT2D eigenvalue weighted by Gasteiger charge is -2.06. The number of nitrogens with zero attached hydrogens (tertiary/aromatic N) is 1. The molecule has 0 aliphatic heterocycles. The maximum absolute atomic E-state index is 12.9. The molecule has 0 saturated carbocycles. The lowest BCUT2D eigenvalue weighted by Crippen LogP contribution is -1.91. The van der Waals surface area contributed by atoms with Crippen LogP contribution in [-0.4, -0.2) is 4.98 Å². The van der Waals surface area contributed by atoms with E-state index in [1.165, 1.54) is 23.9 Å². The van der Waals surface area contributed by atoms with Crippen LogP contribution in [-0.2, 0) is 5.75 Å². The van der Waals surface area contributed by atoms with Crippen molar-refractivity contribution in [2.24, 2.45) is 0 Å². The fourth-order valence-corrected chi connectivity index (χ4v) is 2.78. The first-order chi connectivity index (χ1) is 8.56. The van der Waals surface area contributed by atoms with Crippen LogP contribution in [0, 0.1) is 5.82 Å². The van der Waals surface area contributed by atoms with Crippen LogP contribution < -0.4 is 5.73 Å². The van der Waals surface area contributed by atoms with Crippen molar-refractivity contribution in [1.82, 2.24) is 4.98 Å². The van der Waals surface area contributed by atoms with Gasteiger partial charge in [-0.05, 0) is 29.8 Å². The minimum atomic E-state index is -0.344. The van der Waals surface area contributed by atoms with E-state index in [9.17, 15) is 4.39 Å². The van der Waals surface area contributed by atoms with Gasteiger partial charge >= 0.3 is 0 Å². The number of nitrogen functional groups attached to an aromatic ring is 1. The molecule has 0 unspecified atom stereocenters. The van der Waals surface area contributed by atoms with Gasteiger partial charge in [0.25, 0.3) is 0 Å². The number of hydrogen-bond acceptors (Lipinski definition) is 3. The van der Waals surface area contributed by atoms with Crippen LogP contribution in [0.15, 0.2) is 35.2 Å². The molecule has 0 saturated heterocycles. The Bertz CT molecular complexity index is 526. The molecule has 18 heavy (non-hydrogen) atoms. The van der Waals surface area contributed by atoms with Gasteiger partial charge < -0.3 is 5.73 Å². The zero-order chi connectivity index (χ0) is 13.1. The number of hydrogen-bond donors (Lipinski definition) is 1. The van der Waals surface area contributed by atoms with Crippen molar-refractivity contribution in [2.45, 2.75) is 10.6 Å². The summed E-state index contributed by atoms with van der Waals surface area (Å²) < 4.78 is 12.9. The molecule has 0 aliphatic carbocycles. The predicted octanol–water partition coefficient (Wildman–Crippen LogP) is 4.40. The Morgan fingerprint density at radius 3 is 2.67 bits per heavy atom. The second kappa shape index (κ2) is 5.78. The summed E-state index contributed by atoms with van der Waals surface area (Å²) in [6.45, 7) is 0. The van der Waals surface area contributed by atoms with E-state index in [0.717, 1.165) is 10.5 Å². The number of halogens is 3. The first kappa shape index (κ1) is 13.5. The van der Waals surface area contributed by atoms with Gasteiger partial charge in [0.15, 0.2) is 0 Å². The van der Waals surface area contributed by atoms with Crippen LogP contribution in [0.25, 0.3) is 0 Å². The molecule has 0 bridgehead atoms. The number of rotatable bonds is 3. The molecule has 94 valence electrons. The van der Waals surface area contributed by atoms with Crippen LogP contribution in [0.3, 0.4) is 0 Å². The van der Waals surface area contributed by atoms with Gasteiger partial charge in [0.05, 0.1) is 0 Å². The van der Waals surface area contributed by atoms with E-state index in [1.54, 1.807) is 12.1 Å². The van der Waals surface area contributed by atoms with Crippen molar-refractivity contribution in [3.8, 4) is 0 Å². The number of thioether (sulfide) groups is 1. The summed E-state index contributed by atoms with van der Waals surface area (Å²) in [5, 5.41) is 0.728. The molecular formula is C12H9Cl2FN2S. The third kappa shape index (κ3) is 3.28. The minimum Gasteiger partial charge on any atom is -0.398 e. The van der Waals surface area contributed by atoms with Crippen molar-refractivity contribution in [3.63, 3.8) is 0 Å². The van der Waals surface area contributed by atoms with E-state index >= 15 is 0 Å². The summed E-state index contributed by atoms with van der Waals surface area (Å²) in [5.41, 5.74) is 6.99. The Labute approximate surface area is 118 Å². The highest BCUT2D eigenvalue weighted by Gasteiger charge is 2.06. The van der Waals surface area contributed by atoms with Gasteiger partial charge in [-0.15, -0.1) is 11.8 Å². The largest absolute Gasteiger partial charge is 0.398 e. The van der Waals surface area contributed by atoms with Gasteiger partial charge in [-0.2, -0.15) is 0 Å². The van der Waals surface area contributed by atoms with Gasteiger partial charge in [0.2, 0.25) is 0 Å². The summed E-state index contributed by atoms with van der Waals surface area (Å²) in [7, 11) is 0. The Hall–Kier alpha value is -0.970. The Morgan fingerprint density at radius 1 is 1.22 bits per heavy atom. The molecule has 2 nitrogen and oxygen atoms in total. The van der Waals surface area contributed by atoms with Crippen LogP contribution in [0.4, 0.5) is 10.1 Å². The number of benzene rings is 1. The fourth-order valence-electron chi connectivity index (χ4n) is 1.35. The predicted molar refractivity (Wildman–Crippen MR) is 74.6 cm³/mol. The molecule has 0 fully saturated rings. The lowest BCUT2D eigenvalue weighted by atomic mass is 10.3. The highest BCUT2D eigenvalue weighted by atomic mass is 35.5. The summed E-state index contributed by atoms with van der Waals surface area (Å²) in [4.78, 5) is 4.76. The summed E-state index contributed by atoms with van der Waals surface area (Å²) in [5.74, 6) is 0.252. The monoisotopic (exact) mass is 302 g/mol. The molecule has 2 N–H and O–H groups in total. The van der Waals surface area contributed by atoms with Gasteiger partial charge in [-0.25, -0.2) is 9.37 Å². The number of aromatic nitrogens is 1. The molecule has 0 atom stereocenters. The molecule has 0 radical (unpaired) electrons. The topological polar surface area (TPSA) is 38.9 Å². The van der Waals surface area contributed by atoms with Crippen molar-refractivity contribution >= 4 is 40.7 Å². The summed E-state index contributed by atoms with van der Waals surface area (Å²) >= 11 is 13.1. The number of nitrogens with two attached hydrogens (primary N) is 1. The molecule has 0 spiro atoms. The van der Waals surface area contributed by atoms with E-state index < -0.39 is 0 Å². The molecular weight excluding hydrogens is 294 g/mol. The van der Waals surface area contributed by atoms with Gasteiger partial charge in [0, 0.05) is 16.3 Å². The average molecular weight is 303 g/mol. The van der Waals surface area contributed by atoms with Crippen LogP contribution in [0.1, 0.15) is 5.56 Å². The van der Waals surface area contributed by atoms with Crippen LogP contribution in [0.5, 0.6) is 0 Å². The molecule has 6 heteroatoms. The first-order valence-corrected chi connectivity index (χ1v) is 6.79. The maximum atomic E-state index is 12.9. The highest BCUT2D eigenvalue weighted by molar-refractivity contribution is 7.98. The van der Waals surface area contributed by atoms with E-state index in [2.05, 4.69) is 4.98 Å².